The van der Waals surface area contributed by atoms with Crippen molar-refractivity contribution in [3.63, 3.8) is 0 Å². The van der Waals surface area contributed by atoms with E-state index < -0.39 is 65.6 Å². The zero-order valence-corrected chi connectivity index (χ0v) is 25.6. The number of Topliss-reactive ketones (excluding diaryl/α,β-unsaturated/α-hetero) is 1. The van der Waals surface area contributed by atoms with Gasteiger partial charge in [-0.2, -0.15) is 0 Å². The first-order valence-corrected chi connectivity index (χ1v) is 14.5. The van der Waals surface area contributed by atoms with Crippen LogP contribution in [0.2, 0.25) is 0 Å². The SMILES string of the molecule is CC[C@H](C)C(NC(=O)[C@H](CC(C)C)NC(=O)[C@H](Cc1ccccc1)NC(=O)O)C(=O)C(=O)N[C@H](CCCNC(=N)N)C(N)=O. The summed E-state index contributed by atoms with van der Waals surface area (Å²) in [5, 5.41) is 28.8. The van der Waals surface area contributed by atoms with Crippen molar-refractivity contribution in [1.82, 2.24) is 26.6 Å². The first-order valence-electron chi connectivity index (χ1n) is 14.5. The van der Waals surface area contributed by atoms with Crippen LogP contribution in [0.3, 0.4) is 0 Å². The number of carbonyl (C=O) groups is 6. The molecule has 0 aliphatic carbocycles. The molecule has 0 fully saturated rings. The average Bonchev–Trinajstić information content (AvgIpc) is 2.95. The molecule has 11 N–H and O–H groups in total. The number of amides is 5. The Kier molecular flexibility index (Phi) is 15.9. The standard InChI is InChI=1S/C29H46N8O7/c1-5-17(4)22(23(38)27(42)34-19(24(30)39)12-9-13-33-28(31)32)37-26(41)20(14-16(2)3)35-25(40)21(36-29(43)44)15-18-10-7-6-8-11-18/h6-8,10-11,16-17,19-22,36H,5,9,12-15H2,1-4H3,(H2,30,39)(H,34,42)(H,35,40)(H,37,41)(H,43,44)(H4,31,32,33)/t17-,19+,20-,21-,22?/m0/s1. The lowest BCUT2D eigenvalue weighted by atomic mass is 9.93. The molecule has 244 valence electrons. The minimum Gasteiger partial charge on any atom is -0.465 e. The van der Waals surface area contributed by atoms with Gasteiger partial charge < -0.3 is 43.2 Å². The van der Waals surface area contributed by atoms with E-state index in [1.807, 2.05) is 13.8 Å². The number of benzene rings is 1. The van der Waals surface area contributed by atoms with Gasteiger partial charge in [0.25, 0.3) is 5.91 Å². The molecule has 1 aromatic carbocycles. The van der Waals surface area contributed by atoms with Crippen LogP contribution >= 0.6 is 0 Å². The van der Waals surface area contributed by atoms with E-state index in [-0.39, 0.29) is 37.7 Å². The molecular weight excluding hydrogens is 572 g/mol. The zero-order valence-electron chi connectivity index (χ0n) is 25.6. The summed E-state index contributed by atoms with van der Waals surface area (Å²) in [4.78, 5) is 76.2. The second-order valence-electron chi connectivity index (χ2n) is 11.0. The van der Waals surface area contributed by atoms with Crippen LogP contribution in [0.1, 0.15) is 58.9 Å². The number of hydrogen-bond donors (Lipinski definition) is 9. The number of rotatable bonds is 19. The van der Waals surface area contributed by atoms with Crippen LogP contribution in [0.15, 0.2) is 30.3 Å². The highest BCUT2D eigenvalue weighted by atomic mass is 16.4. The van der Waals surface area contributed by atoms with E-state index in [9.17, 15) is 33.9 Å². The summed E-state index contributed by atoms with van der Waals surface area (Å²) in [7, 11) is 0. The van der Waals surface area contributed by atoms with Gasteiger partial charge in [-0.05, 0) is 36.7 Å². The summed E-state index contributed by atoms with van der Waals surface area (Å²) in [6.45, 7) is 7.32. The summed E-state index contributed by atoms with van der Waals surface area (Å²) in [6.07, 6.45) is -0.423. The van der Waals surface area contributed by atoms with Crippen LogP contribution < -0.4 is 38.1 Å². The molecule has 1 rings (SSSR count). The number of guanidine groups is 1. The molecule has 0 bridgehead atoms. The topological polar surface area (TPSA) is 259 Å². The number of ketones is 1. The number of nitrogens with one attached hydrogen (secondary N) is 6. The third-order valence-electron chi connectivity index (χ3n) is 6.89. The molecule has 0 aliphatic heterocycles. The van der Waals surface area contributed by atoms with Crippen LogP contribution in [0.5, 0.6) is 0 Å². The van der Waals surface area contributed by atoms with Gasteiger partial charge in [0.05, 0.1) is 6.04 Å². The predicted molar refractivity (Wildman–Crippen MR) is 163 cm³/mol. The van der Waals surface area contributed by atoms with Crippen molar-refractivity contribution in [2.75, 3.05) is 6.54 Å². The highest BCUT2D eigenvalue weighted by Crippen LogP contribution is 2.13. The molecule has 0 aliphatic rings. The van der Waals surface area contributed by atoms with Crippen molar-refractivity contribution in [2.24, 2.45) is 23.3 Å². The highest BCUT2D eigenvalue weighted by molar-refractivity contribution is 6.38. The molecular formula is C29H46N8O7. The van der Waals surface area contributed by atoms with Crippen molar-refractivity contribution >= 4 is 41.5 Å². The fourth-order valence-corrected chi connectivity index (χ4v) is 4.32. The Labute approximate surface area is 257 Å². The Morgan fingerprint density at radius 1 is 0.864 bits per heavy atom. The van der Waals surface area contributed by atoms with E-state index >= 15 is 0 Å². The van der Waals surface area contributed by atoms with E-state index in [4.69, 9.17) is 16.9 Å². The van der Waals surface area contributed by atoms with Crippen LogP contribution in [-0.2, 0) is 30.4 Å². The molecule has 0 heterocycles. The largest absolute Gasteiger partial charge is 0.465 e. The maximum absolute atomic E-state index is 13.5. The normalized spacial score (nSPS) is 14.2. The number of nitrogens with two attached hydrogens (primary N) is 2. The molecule has 5 atom stereocenters. The predicted octanol–water partition coefficient (Wildman–Crippen LogP) is -0.270. The van der Waals surface area contributed by atoms with Crippen molar-refractivity contribution in [1.29, 1.82) is 5.41 Å². The van der Waals surface area contributed by atoms with Gasteiger partial charge in [0, 0.05) is 13.0 Å². The summed E-state index contributed by atoms with van der Waals surface area (Å²) >= 11 is 0. The fraction of sp³-hybridized carbons (Fsp3) is 0.552. The van der Waals surface area contributed by atoms with Crippen molar-refractivity contribution in [2.45, 2.75) is 84.0 Å². The van der Waals surface area contributed by atoms with Crippen molar-refractivity contribution < 1.29 is 33.9 Å². The maximum atomic E-state index is 13.5. The van der Waals surface area contributed by atoms with E-state index in [2.05, 4.69) is 26.6 Å². The molecule has 0 saturated carbocycles. The summed E-state index contributed by atoms with van der Waals surface area (Å²) in [6, 6.07) is 3.94. The molecule has 0 radical (unpaired) electrons. The second-order valence-corrected chi connectivity index (χ2v) is 11.0. The molecule has 1 unspecified atom stereocenters. The van der Waals surface area contributed by atoms with Gasteiger partial charge in [-0.25, -0.2) is 4.79 Å². The van der Waals surface area contributed by atoms with Crippen LogP contribution in [-0.4, -0.2) is 77.3 Å². The van der Waals surface area contributed by atoms with Gasteiger partial charge in [0.15, 0.2) is 5.96 Å². The average molecular weight is 619 g/mol. The summed E-state index contributed by atoms with van der Waals surface area (Å²) in [5.41, 5.74) is 11.3. The third kappa shape index (κ3) is 13.5. The van der Waals surface area contributed by atoms with Gasteiger partial charge >= 0.3 is 6.09 Å². The minimum atomic E-state index is -1.41. The number of hydrogen-bond acceptors (Lipinski definition) is 7. The Morgan fingerprint density at radius 3 is 2.00 bits per heavy atom. The van der Waals surface area contributed by atoms with Gasteiger partial charge in [-0.15, -0.1) is 0 Å². The Morgan fingerprint density at radius 2 is 1.48 bits per heavy atom. The Balaban J connectivity index is 3.10. The van der Waals surface area contributed by atoms with Crippen molar-refractivity contribution in [3.8, 4) is 0 Å². The maximum Gasteiger partial charge on any atom is 0.405 e. The van der Waals surface area contributed by atoms with E-state index in [0.717, 1.165) is 0 Å². The highest BCUT2D eigenvalue weighted by Gasteiger charge is 2.35. The molecule has 1 aromatic rings. The Hall–Kier alpha value is -4.69. The second kappa shape index (κ2) is 18.8. The molecule has 0 aromatic heterocycles. The number of primary amides is 1. The fourth-order valence-electron chi connectivity index (χ4n) is 4.32. The Bertz CT molecular complexity index is 1160. The molecule has 0 saturated heterocycles. The van der Waals surface area contributed by atoms with Crippen molar-refractivity contribution in [3.05, 3.63) is 35.9 Å². The van der Waals surface area contributed by atoms with Crippen LogP contribution in [0.4, 0.5) is 4.79 Å². The molecule has 5 amide bonds. The molecule has 15 nitrogen and oxygen atoms in total. The zero-order chi connectivity index (χ0) is 33.4. The number of carbonyl (C=O) groups excluding carboxylic acids is 5. The molecule has 0 spiro atoms. The van der Waals surface area contributed by atoms with Gasteiger partial charge in [-0.3, -0.25) is 29.4 Å². The lowest BCUT2D eigenvalue weighted by molar-refractivity contribution is -0.142. The molecule has 44 heavy (non-hydrogen) atoms. The van der Waals surface area contributed by atoms with Gasteiger partial charge in [0.1, 0.15) is 18.1 Å². The number of carboxylic acid groups (broad SMARTS) is 1. The quantitative estimate of drug-likeness (QED) is 0.0427. The third-order valence-corrected chi connectivity index (χ3v) is 6.89. The first-order chi connectivity index (χ1) is 20.7. The first kappa shape index (κ1) is 37.3. The summed E-state index contributed by atoms with van der Waals surface area (Å²) in [5.74, 6) is -5.28. The van der Waals surface area contributed by atoms with Gasteiger partial charge in [0.2, 0.25) is 23.5 Å². The monoisotopic (exact) mass is 618 g/mol. The lowest BCUT2D eigenvalue weighted by Gasteiger charge is -2.28. The van der Waals surface area contributed by atoms with Gasteiger partial charge in [-0.1, -0.05) is 64.4 Å². The summed E-state index contributed by atoms with van der Waals surface area (Å²) < 4.78 is 0. The smallest absolute Gasteiger partial charge is 0.405 e. The van der Waals surface area contributed by atoms with E-state index in [1.54, 1.807) is 44.2 Å². The molecule has 15 heteroatoms. The minimum absolute atomic E-state index is 0.0367. The van der Waals surface area contributed by atoms with Crippen LogP contribution in [0.25, 0.3) is 0 Å². The lowest BCUT2D eigenvalue weighted by Crippen LogP contribution is -2.59. The van der Waals surface area contributed by atoms with Crippen LogP contribution in [0, 0.1) is 17.2 Å². The van der Waals surface area contributed by atoms with E-state index in [1.165, 1.54) is 0 Å². The van der Waals surface area contributed by atoms with E-state index in [0.29, 0.717) is 18.4 Å².